The van der Waals surface area contributed by atoms with Crippen LogP contribution < -0.4 is 5.48 Å². The van der Waals surface area contributed by atoms with Crippen LogP contribution in [-0.4, -0.2) is 34.8 Å². The van der Waals surface area contributed by atoms with Gasteiger partial charge in [-0.1, -0.05) is 0 Å². The van der Waals surface area contributed by atoms with Crippen molar-refractivity contribution in [2.24, 2.45) is 0 Å². The summed E-state index contributed by atoms with van der Waals surface area (Å²) in [5.74, 6) is -0.811. The number of rotatable bonds is 6. The molecule has 0 amide bonds. The van der Waals surface area contributed by atoms with Gasteiger partial charge in [-0.3, -0.25) is 14.4 Å². The lowest BCUT2D eigenvalue weighted by molar-refractivity contribution is -0.168. The predicted molar refractivity (Wildman–Crippen MR) is 88.7 cm³/mol. The lowest BCUT2D eigenvalue weighted by Gasteiger charge is -2.27. The lowest BCUT2D eigenvalue weighted by Crippen LogP contribution is -2.44. The molecule has 0 heterocycles. The third-order valence-electron chi connectivity index (χ3n) is 2.26. The van der Waals surface area contributed by atoms with Crippen LogP contribution in [0, 0.1) is 0 Å². The third-order valence-corrected chi connectivity index (χ3v) is 2.26. The van der Waals surface area contributed by atoms with Gasteiger partial charge in [0.25, 0.3) is 0 Å². The molecule has 1 atom stereocenters. The van der Waals surface area contributed by atoms with E-state index in [2.05, 4.69) is 5.48 Å². The second-order valence-corrected chi connectivity index (χ2v) is 8.54. The van der Waals surface area contributed by atoms with Crippen LogP contribution in [0.3, 0.4) is 0 Å². The molecule has 136 valence electrons. The Morgan fingerprint density at radius 2 is 1.30 bits per heavy atom. The summed E-state index contributed by atoms with van der Waals surface area (Å²) in [6, 6.07) is -0.735. The first-order valence-corrected chi connectivity index (χ1v) is 7.97. The number of hydrogen-bond donors (Lipinski definition) is 1. The average molecular weight is 331 g/mol. The first kappa shape index (κ1) is 21.9. The van der Waals surface area contributed by atoms with Gasteiger partial charge in [0.1, 0.15) is 17.2 Å². The molecule has 0 radical (unpaired) electrons. The van der Waals surface area contributed by atoms with Crippen LogP contribution in [-0.2, 0) is 23.9 Å². The van der Waals surface area contributed by atoms with Gasteiger partial charge < -0.3 is 9.47 Å². The molecule has 1 N–H and O–H groups in total. The normalized spacial score (nSPS) is 14.3. The van der Waals surface area contributed by atoms with E-state index in [4.69, 9.17) is 14.3 Å². The Kier molecular flexibility index (Phi) is 7.70. The smallest absolute Gasteiger partial charge is 0.326 e. The molecule has 0 aromatic rings. The monoisotopic (exact) mass is 331 g/mol. The van der Waals surface area contributed by atoms with Crippen molar-refractivity contribution in [1.29, 1.82) is 0 Å². The average Bonchev–Trinajstić information content (AvgIpc) is 2.21. The Hall–Kier alpha value is -1.14. The standard InChI is InChI=1S/C17H33NO5/c1-15(2,3)21-13(19)11-10-12(18-23-17(7,8)9)14(20)22-16(4,5)6/h12,18H,10-11H2,1-9H3/t12-/m0/s1. The molecule has 0 fully saturated rings. The quantitative estimate of drug-likeness (QED) is 0.595. The highest BCUT2D eigenvalue weighted by Gasteiger charge is 2.28. The summed E-state index contributed by atoms with van der Waals surface area (Å²) in [4.78, 5) is 29.5. The van der Waals surface area contributed by atoms with E-state index < -0.39 is 28.8 Å². The summed E-state index contributed by atoms with van der Waals surface area (Å²) < 4.78 is 10.6. The minimum Gasteiger partial charge on any atom is -0.460 e. The molecule has 0 saturated heterocycles. The zero-order chi connectivity index (χ0) is 18.5. The van der Waals surface area contributed by atoms with Crippen molar-refractivity contribution in [2.45, 2.75) is 98.0 Å². The van der Waals surface area contributed by atoms with Gasteiger partial charge in [-0.05, 0) is 68.7 Å². The largest absolute Gasteiger partial charge is 0.460 e. The summed E-state index contributed by atoms with van der Waals surface area (Å²) in [5.41, 5.74) is 1.10. The van der Waals surface area contributed by atoms with E-state index in [1.165, 1.54) is 0 Å². The van der Waals surface area contributed by atoms with E-state index >= 15 is 0 Å². The number of ether oxygens (including phenoxy) is 2. The molecule has 0 aliphatic carbocycles. The highest BCUT2D eigenvalue weighted by molar-refractivity contribution is 5.77. The van der Waals surface area contributed by atoms with Gasteiger partial charge in [-0.15, -0.1) is 0 Å². The summed E-state index contributed by atoms with van der Waals surface area (Å²) in [6.07, 6.45) is 0.335. The van der Waals surface area contributed by atoms with E-state index in [1.807, 2.05) is 20.8 Å². The van der Waals surface area contributed by atoms with Crippen molar-refractivity contribution in [3.05, 3.63) is 0 Å². The third kappa shape index (κ3) is 13.0. The first-order chi connectivity index (χ1) is 10.1. The lowest BCUT2D eigenvalue weighted by atomic mass is 10.1. The maximum atomic E-state index is 12.3. The number of hydrogen-bond acceptors (Lipinski definition) is 6. The molecular weight excluding hydrogens is 298 g/mol. The van der Waals surface area contributed by atoms with Gasteiger partial charge >= 0.3 is 11.9 Å². The van der Waals surface area contributed by atoms with Gasteiger partial charge in [0.2, 0.25) is 0 Å². The van der Waals surface area contributed by atoms with Crippen LogP contribution >= 0.6 is 0 Å². The Morgan fingerprint density at radius 3 is 1.70 bits per heavy atom. The number of hydroxylamine groups is 1. The molecule has 0 aliphatic heterocycles. The highest BCUT2D eigenvalue weighted by Crippen LogP contribution is 2.14. The van der Waals surface area contributed by atoms with Crippen molar-refractivity contribution >= 4 is 11.9 Å². The van der Waals surface area contributed by atoms with E-state index in [1.54, 1.807) is 41.5 Å². The van der Waals surface area contributed by atoms with Crippen molar-refractivity contribution in [3.63, 3.8) is 0 Å². The van der Waals surface area contributed by atoms with Crippen LogP contribution in [0.1, 0.15) is 75.2 Å². The fourth-order valence-corrected chi connectivity index (χ4v) is 1.50. The van der Waals surface area contributed by atoms with Gasteiger partial charge in [-0.25, -0.2) is 0 Å². The number of carbonyl (C=O) groups is 2. The first-order valence-electron chi connectivity index (χ1n) is 7.97. The summed E-state index contributed by atoms with van der Waals surface area (Å²) in [6.45, 7) is 16.4. The van der Waals surface area contributed by atoms with E-state index in [0.29, 0.717) is 0 Å². The molecule has 0 spiro atoms. The van der Waals surface area contributed by atoms with Gasteiger partial charge in [-0.2, -0.15) is 5.48 Å². The van der Waals surface area contributed by atoms with Crippen molar-refractivity contribution in [3.8, 4) is 0 Å². The molecule has 6 nitrogen and oxygen atoms in total. The van der Waals surface area contributed by atoms with E-state index in [0.717, 1.165) is 0 Å². The van der Waals surface area contributed by atoms with Crippen molar-refractivity contribution in [1.82, 2.24) is 5.48 Å². The Labute approximate surface area is 140 Å². The van der Waals surface area contributed by atoms with Crippen LogP contribution in [0.15, 0.2) is 0 Å². The molecule has 6 heteroatoms. The molecule has 0 aromatic heterocycles. The highest BCUT2D eigenvalue weighted by atomic mass is 16.7. The summed E-state index contributed by atoms with van der Waals surface area (Å²) in [7, 11) is 0. The second-order valence-electron chi connectivity index (χ2n) is 8.54. The van der Waals surface area contributed by atoms with Crippen LogP contribution in [0.4, 0.5) is 0 Å². The number of nitrogens with one attached hydrogen (secondary N) is 1. The Morgan fingerprint density at radius 1 is 0.826 bits per heavy atom. The molecular formula is C17H33NO5. The second kappa shape index (κ2) is 8.11. The summed E-state index contributed by atoms with van der Waals surface area (Å²) >= 11 is 0. The fourth-order valence-electron chi connectivity index (χ4n) is 1.50. The van der Waals surface area contributed by atoms with Crippen LogP contribution in [0.5, 0.6) is 0 Å². The van der Waals surface area contributed by atoms with E-state index in [9.17, 15) is 9.59 Å². The minimum atomic E-state index is -0.735. The fraction of sp³-hybridized carbons (Fsp3) is 0.882. The molecule has 0 bridgehead atoms. The van der Waals surface area contributed by atoms with Crippen molar-refractivity contribution < 1.29 is 23.9 Å². The van der Waals surface area contributed by atoms with Gasteiger partial charge in [0.15, 0.2) is 0 Å². The van der Waals surface area contributed by atoms with E-state index in [-0.39, 0.29) is 18.8 Å². The topological polar surface area (TPSA) is 73.9 Å². The minimum absolute atomic E-state index is 0.0989. The Bertz CT molecular complexity index is 399. The van der Waals surface area contributed by atoms with Gasteiger partial charge in [0.05, 0.1) is 5.60 Å². The predicted octanol–water partition coefficient (Wildman–Crippen LogP) is 3.14. The maximum Gasteiger partial charge on any atom is 0.326 e. The Balaban J connectivity index is 4.72. The number of esters is 2. The van der Waals surface area contributed by atoms with Crippen molar-refractivity contribution in [2.75, 3.05) is 0 Å². The molecule has 0 aliphatic rings. The molecule has 23 heavy (non-hydrogen) atoms. The zero-order valence-electron chi connectivity index (χ0n) is 16.0. The molecule has 0 saturated carbocycles. The van der Waals surface area contributed by atoms with Gasteiger partial charge in [0, 0.05) is 6.42 Å². The number of carbonyl (C=O) groups excluding carboxylic acids is 2. The van der Waals surface area contributed by atoms with Crippen LogP contribution in [0.25, 0.3) is 0 Å². The zero-order valence-corrected chi connectivity index (χ0v) is 16.0. The molecule has 0 aromatic carbocycles. The molecule has 0 rings (SSSR count). The maximum absolute atomic E-state index is 12.3. The molecule has 0 unspecified atom stereocenters. The SMILES string of the molecule is CC(C)(C)ON[C@@H](CCC(=O)OC(C)(C)C)C(=O)OC(C)(C)C. The van der Waals surface area contributed by atoms with Crippen LogP contribution in [0.2, 0.25) is 0 Å². The summed E-state index contributed by atoms with van der Waals surface area (Å²) in [5, 5.41) is 0.